The molecule has 1 saturated heterocycles. The Morgan fingerprint density at radius 2 is 2.04 bits per heavy atom. The lowest BCUT2D eigenvalue weighted by molar-refractivity contribution is 0.0724. The van der Waals surface area contributed by atoms with Gasteiger partial charge in [0.1, 0.15) is 11.5 Å². The Morgan fingerprint density at radius 1 is 1.17 bits per heavy atom. The van der Waals surface area contributed by atoms with Crippen molar-refractivity contribution < 1.29 is 4.79 Å². The fourth-order valence-corrected chi connectivity index (χ4v) is 2.98. The van der Waals surface area contributed by atoms with Crippen LogP contribution in [0.1, 0.15) is 35.2 Å². The zero-order valence-corrected chi connectivity index (χ0v) is 13.0. The molecule has 24 heavy (non-hydrogen) atoms. The second-order valence-corrected chi connectivity index (χ2v) is 5.65. The van der Waals surface area contributed by atoms with Gasteiger partial charge < -0.3 is 4.90 Å². The van der Waals surface area contributed by atoms with E-state index in [4.69, 9.17) is 0 Å². The van der Waals surface area contributed by atoms with Crippen LogP contribution in [-0.4, -0.2) is 42.5 Å². The van der Waals surface area contributed by atoms with Crippen LogP contribution in [0.3, 0.4) is 0 Å². The molecule has 0 aliphatic carbocycles. The first kappa shape index (κ1) is 14.5. The molecule has 0 spiro atoms. The van der Waals surface area contributed by atoms with Crippen molar-refractivity contribution in [1.82, 2.24) is 30.0 Å². The molecule has 1 atom stereocenters. The van der Waals surface area contributed by atoms with Crippen molar-refractivity contribution in [3.63, 3.8) is 0 Å². The highest BCUT2D eigenvalue weighted by atomic mass is 16.2. The second-order valence-electron chi connectivity index (χ2n) is 5.65. The number of nitrogens with zero attached hydrogens (tertiary/aromatic N) is 5. The number of hydrogen-bond donors (Lipinski definition) is 1. The standard InChI is InChI=1S/C17H16N6O/c24-17(13-4-1-2-8-19-13)23-11-3-5-14(23)16-20-15(21-22-16)12-6-9-18-10-7-12/h1-2,4,6-10,14H,3,5,11H2,(H,20,21,22). The summed E-state index contributed by atoms with van der Waals surface area (Å²) < 4.78 is 0. The number of nitrogens with one attached hydrogen (secondary N) is 1. The van der Waals surface area contributed by atoms with Crippen LogP contribution in [0.15, 0.2) is 48.9 Å². The van der Waals surface area contributed by atoms with Gasteiger partial charge in [-0.3, -0.25) is 19.9 Å². The number of rotatable bonds is 3. The van der Waals surface area contributed by atoms with E-state index in [1.54, 1.807) is 30.7 Å². The summed E-state index contributed by atoms with van der Waals surface area (Å²) in [4.78, 5) is 27.3. The summed E-state index contributed by atoms with van der Waals surface area (Å²) >= 11 is 0. The predicted octanol–water partition coefficient (Wildman–Crippen LogP) is 2.24. The molecular formula is C17H16N6O. The number of pyridine rings is 2. The first-order valence-electron chi connectivity index (χ1n) is 7.87. The van der Waals surface area contributed by atoms with Gasteiger partial charge in [0.05, 0.1) is 6.04 Å². The molecule has 0 bridgehead atoms. The van der Waals surface area contributed by atoms with E-state index >= 15 is 0 Å². The van der Waals surface area contributed by atoms with Gasteiger partial charge in [-0.1, -0.05) is 6.07 Å². The van der Waals surface area contributed by atoms with E-state index in [1.165, 1.54) is 0 Å². The topological polar surface area (TPSA) is 87.7 Å². The minimum Gasteiger partial charge on any atom is -0.327 e. The van der Waals surface area contributed by atoms with Crippen molar-refractivity contribution in [3.05, 3.63) is 60.4 Å². The highest BCUT2D eigenvalue weighted by Gasteiger charge is 2.33. The maximum Gasteiger partial charge on any atom is 0.273 e. The SMILES string of the molecule is O=C(c1ccccn1)N1CCCC1c1nc(-c2ccncc2)n[nH]1. The van der Waals surface area contributed by atoms with E-state index in [2.05, 4.69) is 25.1 Å². The summed E-state index contributed by atoms with van der Waals surface area (Å²) in [5, 5.41) is 7.27. The fraction of sp³-hybridized carbons (Fsp3) is 0.235. The van der Waals surface area contributed by atoms with Crippen molar-refractivity contribution in [2.75, 3.05) is 6.54 Å². The van der Waals surface area contributed by atoms with Gasteiger partial charge in [-0.05, 0) is 37.1 Å². The Kier molecular flexibility index (Phi) is 3.74. The normalized spacial score (nSPS) is 17.2. The zero-order valence-electron chi connectivity index (χ0n) is 13.0. The first-order chi connectivity index (χ1) is 11.8. The maximum absolute atomic E-state index is 12.7. The molecule has 0 aromatic carbocycles. The maximum atomic E-state index is 12.7. The van der Waals surface area contributed by atoms with Gasteiger partial charge in [-0.15, -0.1) is 0 Å². The van der Waals surface area contributed by atoms with Gasteiger partial charge in [0.2, 0.25) is 0 Å². The number of aromatic nitrogens is 5. The van der Waals surface area contributed by atoms with Crippen LogP contribution in [0.25, 0.3) is 11.4 Å². The van der Waals surface area contributed by atoms with Crippen molar-refractivity contribution in [2.45, 2.75) is 18.9 Å². The molecule has 1 aliphatic heterocycles. The molecule has 3 aromatic heterocycles. The van der Waals surface area contributed by atoms with E-state index in [0.29, 0.717) is 23.9 Å². The van der Waals surface area contributed by atoms with Crippen molar-refractivity contribution >= 4 is 5.91 Å². The Balaban J connectivity index is 1.60. The molecule has 7 nitrogen and oxygen atoms in total. The lowest BCUT2D eigenvalue weighted by Crippen LogP contribution is -2.31. The van der Waals surface area contributed by atoms with Gasteiger partial charge in [0.15, 0.2) is 5.82 Å². The highest BCUT2D eigenvalue weighted by Crippen LogP contribution is 2.31. The Labute approximate surface area is 138 Å². The van der Waals surface area contributed by atoms with Gasteiger partial charge >= 0.3 is 0 Å². The first-order valence-corrected chi connectivity index (χ1v) is 7.87. The number of aromatic amines is 1. The van der Waals surface area contributed by atoms with Crippen molar-refractivity contribution in [3.8, 4) is 11.4 Å². The minimum absolute atomic E-state index is 0.0695. The number of carbonyl (C=O) groups excluding carboxylic acids is 1. The highest BCUT2D eigenvalue weighted by molar-refractivity contribution is 5.92. The van der Waals surface area contributed by atoms with Gasteiger partial charge in [-0.25, -0.2) is 4.98 Å². The average Bonchev–Trinajstić information content (AvgIpc) is 3.32. The number of amides is 1. The predicted molar refractivity (Wildman–Crippen MR) is 86.9 cm³/mol. The van der Waals surface area contributed by atoms with Gasteiger partial charge in [0.25, 0.3) is 5.91 Å². The lowest BCUT2D eigenvalue weighted by atomic mass is 10.2. The molecule has 4 rings (SSSR count). The molecule has 0 radical (unpaired) electrons. The Hall–Kier alpha value is -3.09. The molecule has 1 fully saturated rings. The van der Waals surface area contributed by atoms with Gasteiger partial charge in [-0.2, -0.15) is 5.10 Å². The Morgan fingerprint density at radius 3 is 2.83 bits per heavy atom. The summed E-state index contributed by atoms with van der Waals surface area (Å²) in [7, 11) is 0. The van der Waals surface area contributed by atoms with E-state index in [9.17, 15) is 4.79 Å². The van der Waals surface area contributed by atoms with Crippen LogP contribution in [-0.2, 0) is 0 Å². The molecule has 7 heteroatoms. The van der Waals surface area contributed by atoms with Crippen LogP contribution in [0.4, 0.5) is 0 Å². The Bertz CT molecular complexity index is 833. The van der Waals surface area contributed by atoms with Crippen LogP contribution < -0.4 is 0 Å². The van der Waals surface area contributed by atoms with E-state index < -0.39 is 0 Å². The molecule has 3 aromatic rings. The van der Waals surface area contributed by atoms with Crippen LogP contribution in [0.2, 0.25) is 0 Å². The van der Waals surface area contributed by atoms with Crippen LogP contribution in [0, 0.1) is 0 Å². The van der Waals surface area contributed by atoms with Crippen LogP contribution >= 0.6 is 0 Å². The number of carbonyl (C=O) groups is 1. The summed E-state index contributed by atoms with van der Waals surface area (Å²) in [5.41, 5.74) is 1.35. The summed E-state index contributed by atoms with van der Waals surface area (Å²) in [6.07, 6.45) is 6.85. The molecule has 120 valence electrons. The fourth-order valence-electron chi connectivity index (χ4n) is 2.98. The molecular weight excluding hydrogens is 304 g/mol. The summed E-state index contributed by atoms with van der Waals surface area (Å²) in [6.45, 7) is 0.700. The monoisotopic (exact) mass is 320 g/mol. The molecule has 0 saturated carbocycles. The average molecular weight is 320 g/mol. The van der Waals surface area contributed by atoms with E-state index in [1.807, 2.05) is 23.1 Å². The van der Waals surface area contributed by atoms with E-state index in [0.717, 1.165) is 18.4 Å². The van der Waals surface area contributed by atoms with Crippen LogP contribution in [0.5, 0.6) is 0 Å². The smallest absolute Gasteiger partial charge is 0.273 e. The van der Waals surface area contributed by atoms with Gasteiger partial charge in [0, 0.05) is 30.7 Å². The molecule has 1 unspecified atom stereocenters. The molecule has 4 heterocycles. The van der Waals surface area contributed by atoms with E-state index in [-0.39, 0.29) is 11.9 Å². The second kappa shape index (κ2) is 6.19. The zero-order chi connectivity index (χ0) is 16.4. The third-order valence-corrected chi connectivity index (χ3v) is 4.15. The largest absolute Gasteiger partial charge is 0.327 e. The molecule has 1 aliphatic rings. The molecule has 1 amide bonds. The number of H-pyrrole nitrogens is 1. The number of hydrogen-bond acceptors (Lipinski definition) is 5. The van der Waals surface area contributed by atoms with Crippen molar-refractivity contribution in [2.24, 2.45) is 0 Å². The lowest BCUT2D eigenvalue weighted by Gasteiger charge is -2.22. The van der Waals surface area contributed by atoms with Crippen molar-refractivity contribution in [1.29, 1.82) is 0 Å². The summed E-state index contributed by atoms with van der Waals surface area (Å²) in [5.74, 6) is 1.26. The minimum atomic E-state index is -0.0948. The quantitative estimate of drug-likeness (QED) is 0.799. The summed E-state index contributed by atoms with van der Waals surface area (Å²) in [6, 6.07) is 8.98. The third kappa shape index (κ3) is 2.64. The molecule has 1 N–H and O–H groups in total. The third-order valence-electron chi connectivity index (χ3n) is 4.15. The number of likely N-dealkylation sites (tertiary alicyclic amines) is 1.